The molecule has 0 fully saturated rings. The number of rotatable bonds is 6. The average Bonchev–Trinajstić information content (AvgIpc) is 1.97. The van der Waals surface area contributed by atoms with Gasteiger partial charge in [0.05, 0.1) is 0 Å². The van der Waals surface area contributed by atoms with Crippen LogP contribution in [0.4, 0.5) is 0 Å². The van der Waals surface area contributed by atoms with E-state index < -0.39 is 0 Å². The fraction of sp³-hybridized carbons (Fsp3) is 0.889. The zero-order chi connectivity index (χ0) is 8.69. The standard InChI is InChI=1S/C9H19NO/c1-8(2)3-4-9(7-11)5-6-10/h7-9H,3-6,10H2,1-2H3. The van der Waals surface area contributed by atoms with E-state index in [4.69, 9.17) is 5.73 Å². The molecule has 0 rings (SSSR count). The van der Waals surface area contributed by atoms with E-state index in [9.17, 15) is 4.79 Å². The highest BCUT2D eigenvalue weighted by molar-refractivity contribution is 5.53. The predicted molar refractivity (Wildman–Crippen MR) is 47.3 cm³/mol. The predicted octanol–water partition coefficient (Wildman–Crippen LogP) is 1.59. The van der Waals surface area contributed by atoms with Gasteiger partial charge in [-0.1, -0.05) is 20.3 Å². The van der Waals surface area contributed by atoms with Crippen LogP contribution in [0.3, 0.4) is 0 Å². The first-order valence-electron chi connectivity index (χ1n) is 4.36. The van der Waals surface area contributed by atoms with Gasteiger partial charge in [-0.15, -0.1) is 0 Å². The van der Waals surface area contributed by atoms with Crippen molar-refractivity contribution in [3.05, 3.63) is 0 Å². The van der Waals surface area contributed by atoms with E-state index >= 15 is 0 Å². The zero-order valence-electron chi connectivity index (χ0n) is 7.55. The van der Waals surface area contributed by atoms with Crippen molar-refractivity contribution < 1.29 is 4.79 Å². The van der Waals surface area contributed by atoms with Crippen LogP contribution in [-0.4, -0.2) is 12.8 Å². The van der Waals surface area contributed by atoms with Gasteiger partial charge < -0.3 is 10.5 Å². The van der Waals surface area contributed by atoms with Crippen molar-refractivity contribution in [2.75, 3.05) is 6.54 Å². The summed E-state index contributed by atoms with van der Waals surface area (Å²) in [5.41, 5.74) is 5.35. The Labute approximate surface area is 69.2 Å². The van der Waals surface area contributed by atoms with Crippen molar-refractivity contribution in [1.82, 2.24) is 0 Å². The van der Waals surface area contributed by atoms with Crippen LogP contribution in [0.5, 0.6) is 0 Å². The first-order valence-corrected chi connectivity index (χ1v) is 4.36. The van der Waals surface area contributed by atoms with Crippen molar-refractivity contribution in [2.24, 2.45) is 17.6 Å². The first kappa shape index (κ1) is 10.6. The Balaban J connectivity index is 3.43. The van der Waals surface area contributed by atoms with Crippen LogP contribution in [-0.2, 0) is 4.79 Å². The molecule has 2 N–H and O–H groups in total. The molecule has 0 saturated carbocycles. The molecule has 0 aromatic heterocycles. The minimum atomic E-state index is 0.197. The molecular formula is C9H19NO. The molecule has 2 nitrogen and oxygen atoms in total. The SMILES string of the molecule is CC(C)CCC(C=O)CCN. The van der Waals surface area contributed by atoms with E-state index in [1.807, 2.05) is 0 Å². The third-order valence-electron chi connectivity index (χ3n) is 1.84. The van der Waals surface area contributed by atoms with Gasteiger partial charge in [0.2, 0.25) is 0 Å². The van der Waals surface area contributed by atoms with Crippen LogP contribution >= 0.6 is 0 Å². The molecule has 0 amide bonds. The van der Waals surface area contributed by atoms with Gasteiger partial charge >= 0.3 is 0 Å². The van der Waals surface area contributed by atoms with E-state index in [1.54, 1.807) is 0 Å². The molecule has 1 unspecified atom stereocenters. The van der Waals surface area contributed by atoms with Crippen LogP contribution in [0.15, 0.2) is 0 Å². The minimum Gasteiger partial charge on any atom is -0.330 e. The van der Waals surface area contributed by atoms with Crippen molar-refractivity contribution in [2.45, 2.75) is 33.1 Å². The largest absolute Gasteiger partial charge is 0.330 e. The van der Waals surface area contributed by atoms with E-state index in [0.29, 0.717) is 12.5 Å². The van der Waals surface area contributed by atoms with Gasteiger partial charge in [0.25, 0.3) is 0 Å². The molecule has 0 saturated heterocycles. The maximum atomic E-state index is 10.5. The lowest BCUT2D eigenvalue weighted by Crippen LogP contribution is -2.10. The molecule has 0 radical (unpaired) electrons. The van der Waals surface area contributed by atoms with E-state index in [2.05, 4.69) is 13.8 Å². The van der Waals surface area contributed by atoms with Crippen molar-refractivity contribution in [1.29, 1.82) is 0 Å². The summed E-state index contributed by atoms with van der Waals surface area (Å²) in [5.74, 6) is 0.887. The van der Waals surface area contributed by atoms with E-state index in [0.717, 1.165) is 25.5 Å². The second-order valence-corrected chi connectivity index (χ2v) is 3.44. The van der Waals surface area contributed by atoms with Crippen LogP contribution < -0.4 is 5.73 Å². The van der Waals surface area contributed by atoms with Crippen LogP contribution in [0, 0.1) is 11.8 Å². The molecule has 11 heavy (non-hydrogen) atoms. The molecule has 0 bridgehead atoms. The van der Waals surface area contributed by atoms with Gasteiger partial charge in [0.15, 0.2) is 0 Å². The van der Waals surface area contributed by atoms with Gasteiger partial charge in [-0.25, -0.2) is 0 Å². The highest BCUT2D eigenvalue weighted by Gasteiger charge is 2.06. The van der Waals surface area contributed by atoms with Crippen LogP contribution in [0.2, 0.25) is 0 Å². The smallest absolute Gasteiger partial charge is 0.123 e. The molecular weight excluding hydrogens is 138 g/mol. The van der Waals surface area contributed by atoms with Gasteiger partial charge in [-0.05, 0) is 25.3 Å². The normalized spacial score (nSPS) is 13.5. The monoisotopic (exact) mass is 157 g/mol. The summed E-state index contributed by atoms with van der Waals surface area (Å²) in [6, 6.07) is 0. The summed E-state index contributed by atoms with van der Waals surface area (Å²) in [4.78, 5) is 10.5. The molecule has 1 atom stereocenters. The lowest BCUT2D eigenvalue weighted by molar-refractivity contribution is -0.111. The molecule has 0 aromatic carbocycles. The fourth-order valence-corrected chi connectivity index (χ4v) is 1.04. The van der Waals surface area contributed by atoms with Crippen molar-refractivity contribution in [3.8, 4) is 0 Å². The minimum absolute atomic E-state index is 0.197. The second-order valence-electron chi connectivity index (χ2n) is 3.44. The van der Waals surface area contributed by atoms with Crippen molar-refractivity contribution in [3.63, 3.8) is 0 Å². The summed E-state index contributed by atoms with van der Waals surface area (Å²) in [5, 5.41) is 0. The van der Waals surface area contributed by atoms with E-state index in [1.165, 1.54) is 0 Å². The Bertz CT molecular complexity index is 102. The van der Waals surface area contributed by atoms with Crippen LogP contribution in [0.25, 0.3) is 0 Å². The molecule has 0 aliphatic carbocycles. The Morgan fingerprint density at radius 2 is 1.91 bits per heavy atom. The number of aldehydes is 1. The Kier molecular flexibility index (Phi) is 6.13. The average molecular weight is 157 g/mol. The molecule has 0 aliphatic rings. The number of carbonyl (C=O) groups is 1. The quantitative estimate of drug-likeness (QED) is 0.595. The number of nitrogens with two attached hydrogens (primary N) is 1. The summed E-state index contributed by atoms with van der Waals surface area (Å²) >= 11 is 0. The first-order chi connectivity index (χ1) is 5.20. The highest BCUT2D eigenvalue weighted by Crippen LogP contribution is 2.12. The maximum absolute atomic E-state index is 10.5. The summed E-state index contributed by atoms with van der Waals surface area (Å²) in [7, 11) is 0. The highest BCUT2D eigenvalue weighted by atomic mass is 16.1. The number of hydrogen-bond acceptors (Lipinski definition) is 2. The lowest BCUT2D eigenvalue weighted by atomic mass is 9.96. The Morgan fingerprint density at radius 3 is 2.27 bits per heavy atom. The Hall–Kier alpha value is -0.370. The zero-order valence-corrected chi connectivity index (χ0v) is 7.55. The topological polar surface area (TPSA) is 43.1 Å². The lowest BCUT2D eigenvalue weighted by Gasteiger charge is -2.09. The molecule has 66 valence electrons. The molecule has 0 spiro atoms. The second kappa shape index (κ2) is 6.35. The van der Waals surface area contributed by atoms with Crippen molar-refractivity contribution >= 4 is 6.29 Å². The van der Waals surface area contributed by atoms with E-state index in [-0.39, 0.29) is 5.92 Å². The van der Waals surface area contributed by atoms with Gasteiger partial charge in [0, 0.05) is 5.92 Å². The summed E-state index contributed by atoms with van der Waals surface area (Å²) < 4.78 is 0. The van der Waals surface area contributed by atoms with Crippen LogP contribution in [0.1, 0.15) is 33.1 Å². The number of hydrogen-bond donors (Lipinski definition) is 1. The van der Waals surface area contributed by atoms with Gasteiger partial charge in [-0.3, -0.25) is 0 Å². The van der Waals surface area contributed by atoms with Gasteiger partial charge in [-0.2, -0.15) is 0 Å². The molecule has 0 heterocycles. The van der Waals surface area contributed by atoms with Gasteiger partial charge in [0.1, 0.15) is 6.29 Å². The third-order valence-corrected chi connectivity index (χ3v) is 1.84. The molecule has 0 aliphatic heterocycles. The maximum Gasteiger partial charge on any atom is 0.123 e. The molecule has 0 aromatic rings. The Morgan fingerprint density at radius 1 is 1.27 bits per heavy atom. The summed E-state index contributed by atoms with van der Waals surface area (Å²) in [6.07, 6.45) is 4.01. The summed E-state index contributed by atoms with van der Waals surface area (Å²) in [6.45, 7) is 4.97. The molecule has 2 heteroatoms. The third kappa shape index (κ3) is 6.05. The number of carbonyl (C=O) groups excluding carboxylic acids is 1. The fourth-order valence-electron chi connectivity index (χ4n) is 1.04.